The average Bonchev–Trinajstić information content (AvgIpc) is 3.76. The normalized spacial score (nSPS) is 14.2. The Morgan fingerprint density at radius 1 is 1.14 bits per heavy atom. The molecule has 1 amide bonds. The van der Waals surface area contributed by atoms with Crippen molar-refractivity contribution in [3.8, 4) is 22.9 Å². The monoisotopic (exact) mass is 666 g/mol. The summed E-state index contributed by atoms with van der Waals surface area (Å²) in [5.41, 5.74) is 10.5. The number of nitrogens with two attached hydrogens (primary N) is 1. The maximum Gasteiger partial charge on any atom is 0.240 e. The van der Waals surface area contributed by atoms with Gasteiger partial charge in [0.2, 0.25) is 11.8 Å². The van der Waals surface area contributed by atoms with E-state index < -0.39 is 0 Å². The number of rotatable bonds is 18. The van der Waals surface area contributed by atoms with E-state index in [0.29, 0.717) is 72.6 Å². The number of likely N-dealkylation sites (N-methyl/N-ethyl adjacent to an activating group) is 1. The van der Waals surface area contributed by atoms with Crippen molar-refractivity contribution in [2.45, 2.75) is 73.1 Å². The number of amides is 1. The van der Waals surface area contributed by atoms with Gasteiger partial charge in [-0.3, -0.25) is 9.59 Å². The summed E-state index contributed by atoms with van der Waals surface area (Å²) in [6, 6.07) is 1.96. The lowest BCUT2D eigenvalue weighted by molar-refractivity contribution is -0.125. The molecule has 4 rings (SSSR count). The molecule has 0 aromatic carbocycles. The van der Waals surface area contributed by atoms with E-state index in [1.54, 1.807) is 30.4 Å². The number of Topliss-reactive ketones (excluding diaryl/α,β-unsaturated/α-hetero) is 1. The predicted molar refractivity (Wildman–Crippen MR) is 195 cm³/mol. The van der Waals surface area contributed by atoms with E-state index in [-0.39, 0.29) is 35.3 Å². The van der Waals surface area contributed by atoms with Crippen molar-refractivity contribution in [2.24, 2.45) is 17.1 Å². The molecule has 3 N–H and O–H groups in total. The zero-order valence-corrected chi connectivity index (χ0v) is 29.8. The quantitative estimate of drug-likeness (QED) is 0.113. The fourth-order valence-corrected chi connectivity index (χ4v) is 5.59. The zero-order chi connectivity index (χ0) is 35.9. The number of carbonyl (C=O) groups excluding carboxylic acids is 2. The molecule has 1 fully saturated rings. The second-order valence-corrected chi connectivity index (χ2v) is 13.4. The van der Waals surface area contributed by atoms with Crippen molar-refractivity contribution in [3.63, 3.8) is 0 Å². The fourth-order valence-electron chi connectivity index (χ4n) is 5.59. The molecule has 0 saturated heterocycles. The summed E-state index contributed by atoms with van der Waals surface area (Å²) in [4.78, 5) is 48.2. The van der Waals surface area contributed by atoms with Crippen LogP contribution in [0.2, 0.25) is 0 Å². The number of allylic oxidation sites excluding steroid dienone is 3. The van der Waals surface area contributed by atoms with Crippen LogP contribution in [-0.4, -0.2) is 68.9 Å². The Morgan fingerprint density at radius 2 is 1.84 bits per heavy atom. The van der Waals surface area contributed by atoms with Crippen LogP contribution in [0.3, 0.4) is 0 Å². The van der Waals surface area contributed by atoms with Gasteiger partial charge < -0.3 is 25.7 Å². The van der Waals surface area contributed by atoms with Crippen LogP contribution in [0.1, 0.15) is 75.0 Å². The molecule has 1 unspecified atom stereocenters. The van der Waals surface area contributed by atoms with Gasteiger partial charge >= 0.3 is 0 Å². The van der Waals surface area contributed by atoms with Gasteiger partial charge in [0, 0.05) is 37.7 Å². The number of aromatic nitrogens is 4. The molecule has 1 aromatic heterocycles. The van der Waals surface area contributed by atoms with Crippen LogP contribution >= 0.6 is 0 Å². The van der Waals surface area contributed by atoms with Gasteiger partial charge in [-0.2, -0.15) is 4.98 Å². The highest BCUT2D eigenvalue weighted by Crippen LogP contribution is 2.48. The number of fused-ring (bicyclic) bond motifs is 1. The number of hydrogen-bond donors (Lipinski definition) is 2. The first-order valence-electron chi connectivity index (χ1n) is 16.9. The minimum Gasteiger partial charge on any atom is -0.435 e. The SMILES string of the molecule is C=CCCC(=O)C(=N)CCCN(CC1(C)CC1)c1nc(Oc2cnc(C)nc2)c(C)cc2nc(/C(=C\C(C)C=C)N(C)C(=O)CN)c(C)c1-2. The molecule has 49 heavy (non-hydrogen) atoms. The van der Waals surface area contributed by atoms with Crippen molar-refractivity contribution >= 4 is 28.9 Å². The summed E-state index contributed by atoms with van der Waals surface area (Å²) in [6.45, 7) is 18.8. The van der Waals surface area contributed by atoms with Gasteiger partial charge in [-0.1, -0.05) is 32.1 Å². The third-order valence-corrected chi connectivity index (χ3v) is 9.00. The Labute approximate surface area is 290 Å². The lowest BCUT2D eigenvalue weighted by atomic mass is 10.0. The average molecular weight is 667 g/mol. The first-order chi connectivity index (χ1) is 23.3. The molecule has 2 aliphatic heterocycles. The summed E-state index contributed by atoms with van der Waals surface area (Å²) in [5.74, 6) is 1.75. The zero-order valence-electron chi connectivity index (χ0n) is 29.8. The Hall–Kier alpha value is -4.77. The largest absolute Gasteiger partial charge is 0.435 e. The van der Waals surface area contributed by atoms with Crippen LogP contribution in [0.25, 0.3) is 17.0 Å². The molecule has 1 saturated carbocycles. The highest BCUT2D eigenvalue weighted by Gasteiger charge is 2.40. The second-order valence-electron chi connectivity index (χ2n) is 13.4. The van der Waals surface area contributed by atoms with E-state index in [1.165, 1.54) is 0 Å². The van der Waals surface area contributed by atoms with E-state index in [1.807, 2.05) is 45.9 Å². The number of carbonyl (C=O) groups is 2. The molecule has 260 valence electrons. The van der Waals surface area contributed by atoms with E-state index in [4.69, 9.17) is 25.8 Å². The van der Waals surface area contributed by atoms with E-state index in [9.17, 15) is 9.59 Å². The maximum atomic E-state index is 12.9. The molecule has 3 heterocycles. The first-order valence-corrected chi connectivity index (χ1v) is 16.9. The van der Waals surface area contributed by atoms with Crippen LogP contribution in [0.4, 0.5) is 5.82 Å². The topological polar surface area (TPSA) is 151 Å². The summed E-state index contributed by atoms with van der Waals surface area (Å²) in [5, 5.41) is 8.41. The molecular weight excluding hydrogens is 616 g/mol. The van der Waals surface area contributed by atoms with E-state index in [0.717, 1.165) is 36.1 Å². The van der Waals surface area contributed by atoms with Crippen molar-refractivity contribution in [2.75, 3.05) is 31.6 Å². The smallest absolute Gasteiger partial charge is 0.240 e. The third-order valence-electron chi connectivity index (χ3n) is 9.00. The summed E-state index contributed by atoms with van der Waals surface area (Å²) in [7, 11) is 1.71. The number of ketones is 1. The molecule has 0 bridgehead atoms. The lowest BCUT2D eigenvalue weighted by Gasteiger charge is -2.28. The van der Waals surface area contributed by atoms with Gasteiger partial charge in [0.25, 0.3) is 0 Å². The Kier molecular flexibility index (Phi) is 12.2. The number of anilines is 1. The van der Waals surface area contributed by atoms with Gasteiger partial charge in [-0.25, -0.2) is 15.0 Å². The van der Waals surface area contributed by atoms with Crippen molar-refractivity contribution in [1.82, 2.24) is 24.8 Å². The summed E-state index contributed by atoms with van der Waals surface area (Å²) < 4.78 is 6.32. The van der Waals surface area contributed by atoms with Gasteiger partial charge in [-0.15, -0.1) is 13.2 Å². The predicted octanol–water partition coefficient (Wildman–Crippen LogP) is 6.61. The van der Waals surface area contributed by atoms with Crippen LogP contribution in [0.15, 0.2) is 49.8 Å². The Bertz CT molecular complexity index is 1710. The van der Waals surface area contributed by atoms with Gasteiger partial charge in [0.15, 0.2) is 11.5 Å². The Balaban J connectivity index is 1.89. The molecule has 11 nitrogen and oxygen atoms in total. The summed E-state index contributed by atoms with van der Waals surface area (Å²) >= 11 is 0. The van der Waals surface area contributed by atoms with Gasteiger partial charge in [0.05, 0.1) is 41.7 Å². The van der Waals surface area contributed by atoms with Crippen molar-refractivity contribution in [3.05, 3.63) is 72.5 Å². The van der Waals surface area contributed by atoms with E-state index >= 15 is 0 Å². The molecule has 3 aliphatic rings. The highest BCUT2D eigenvalue weighted by molar-refractivity contribution is 6.38. The standard InChI is InChI=1S/C38H50N8O3/c1-9-11-14-32(47)29(40)13-12-17-46(23-38(7)15-16-38)36-34-26(5)35(31(18-24(3)10-2)45(8)33(48)20-39)43-30(34)19-25(4)37(44-36)49-28-21-41-27(6)42-22-28/h9-10,18-19,21-22,24,40H,1-2,11-17,20,23,39H2,3-8H3/b31-18+,40-29?. The summed E-state index contributed by atoms with van der Waals surface area (Å²) in [6.07, 6.45) is 12.7. The van der Waals surface area contributed by atoms with Gasteiger partial charge in [-0.05, 0) is 75.8 Å². The number of ether oxygens (including phenoxy) is 1. The molecule has 1 atom stereocenters. The van der Waals surface area contributed by atoms with E-state index in [2.05, 4.69) is 34.9 Å². The van der Waals surface area contributed by atoms with Crippen LogP contribution in [0.5, 0.6) is 11.6 Å². The number of nitrogens with one attached hydrogen (secondary N) is 1. The first kappa shape index (κ1) is 37.1. The van der Waals surface area contributed by atoms with Crippen LogP contribution < -0.4 is 15.4 Å². The number of aryl methyl sites for hydroxylation is 2. The maximum absolute atomic E-state index is 12.9. The highest BCUT2D eigenvalue weighted by atomic mass is 16.5. The molecule has 0 radical (unpaired) electrons. The molecule has 1 aromatic rings. The van der Waals surface area contributed by atoms with Crippen LogP contribution in [0, 0.1) is 37.5 Å². The second kappa shape index (κ2) is 16.1. The van der Waals surface area contributed by atoms with Crippen LogP contribution in [-0.2, 0) is 9.59 Å². The molecule has 11 heteroatoms. The minimum absolute atomic E-state index is 0.0368. The Morgan fingerprint density at radius 3 is 2.45 bits per heavy atom. The fraction of sp³-hybridized carbons (Fsp3) is 0.447. The third kappa shape index (κ3) is 9.23. The molecular formula is C38H50N8O3. The van der Waals surface area contributed by atoms with Crippen molar-refractivity contribution in [1.29, 1.82) is 5.41 Å². The lowest BCUT2D eigenvalue weighted by Crippen LogP contribution is -2.32. The molecule has 0 spiro atoms. The number of hydrogen-bond acceptors (Lipinski definition) is 10. The molecule has 1 aliphatic carbocycles. The van der Waals surface area contributed by atoms with Gasteiger partial charge in [0.1, 0.15) is 11.6 Å². The minimum atomic E-state index is -0.238. The van der Waals surface area contributed by atoms with Crippen molar-refractivity contribution < 1.29 is 14.3 Å². The number of nitrogens with zero attached hydrogens (tertiary/aromatic N) is 6.